The summed E-state index contributed by atoms with van der Waals surface area (Å²) in [5.74, 6) is 0.176. The van der Waals surface area contributed by atoms with Crippen LogP contribution < -0.4 is 16.0 Å². The van der Waals surface area contributed by atoms with Crippen LogP contribution in [0.15, 0.2) is 48.5 Å². The van der Waals surface area contributed by atoms with Gasteiger partial charge in [-0.1, -0.05) is 35.9 Å². The number of nitrogens with one attached hydrogen (secondary N) is 3. The highest BCUT2D eigenvalue weighted by Gasteiger charge is 2.45. The first kappa shape index (κ1) is 18.8. The molecule has 3 amide bonds. The van der Waals surface area contributed by atoms with Crippen molar-refractivity contribution >= 4 is 29.2 Å². The second kappa shape index (κ2) is 8.20. The maximum absolute atomic E-state index is 12.5. The molecule has 2 aromatic rings. The van der Waals surface area contributed by atoms with Gasteiger partial charge in [-0.15, -0.1) is 0 Å². The van der Waals surface area contributed by atoms with E-state index in [2.05, 4.69) is 16.0 Å². The van der Waals surface area contributed by atoms with Gasteiger partial charge in [-0.25, -0.2) is 4.79 Å². The number of benzene rings is 2. The number of halogens is 1. The Morgan fingerprint density at radius 1 is 1.07 bits per heavy atom. The molecule has 1 saturated carbocycles. The summed E-state index contributed by atoms with van der Waals surface area (Å²) in [6, 6.07) is 15.3. The summed E-state index contributed by atoms with van der Waals surface area (Å²) in [5, 5.41) is 9.68. The fourth-order valence-electron chi connectivity index (χ4n) is 3.53. The Hall–Kier alpha value is -2.57. The van der Waals surface area contributed by atoms with Gasteiger partial charge in [-0.05, 0) is 41.8 Å². The van der Waals surface area contributed by atoms with Gasteiger partial charge in [-0.3, -0.25) is 4.79 Å². The van der Waals surface area contributed by atoms with Crippen molar-refractivity contribution in [2.75, 3.05) is 18.4 Å². The van der Waals surface area contributed by atoms with Gasteiger partial charge in [-0.2, -0.15) is 0 Å². The molecular formula is C21H23ClN4O2. The second-order valence-electron chi connectivity index (χ2n) is 7.26. The van der Waals surface area contributed by atoms with Gasteiger partial charge in [0.05, 0.1) is 6.42 Å². The molecule has 0 spiro atoms. The fraction of sp³-hybridized carbons (Fsp3) is 0.333. The van der Waals surface area contributed by atoms with E-state index in [9.17, 15) is 9.59 Å². The zero-order valence-electron chi connectivity index (χ0n) is 15.5. The monoisotopic (exact) mass is 398 g/mol. The van der Waals surface area contributed by atoms with Gasteiger partial charge in [0, 0.05) is 42.4 Å². The summed E-state index contributed by atoms with van der Waals surface area (Å²) in [5.41, 5.74) is 2.61. The van der Waals surface area contributed by atoms with E-state index < -0.39 is 0 Å². The third kappa shape index (κ3) is 4.64. The normalized spacial score (nSPS) is 20.2. The molecule has 2 unspecified atom stereocenters. The minimum atomic E-state index is -0.278. The molecule has 4 rings (SSSR count). The maximum Gasteiger partial charge on any atom is 0.319 e. The Balaban J connectivity index is 1.25. The number of rotatable bonds is 5. The lowest BCUT2D eigenvalue weighted by atomic mass is 10.1. The van der Waals surface area contributed by atoms with Crippen LogP contribution in [0, 0.1) is 0 Å². The van der Waals surface area contributed by atoms with Crippen LogP contribution in [-0.4, -0.2) is 42.0 Å². The Morgan fingerprint density at radius 3 is 2.54 bits per heavy atom. The van der Waals surface area contributed by atoms with Crippen molar-refractivity contribution in [2.45, 2.75) is 31.5 Å². The Bertz CT molecular complexity index is 854. The number of nitrogens with zero attached hydrogens (tertiary/aromatic N) is 1. The molecule has 2 aromatic carbocycles. The molecule has 0 aromatic heterocycles. The van der Waals surface area contributed by atoms with E-state index in [1.807, 2.05) is 41.3 Å². The molecule has 1 aliphatic heterocycles. The van der Waals surface area contributed by atoms with E-state index in [1.54, 1.807) is 12.1 Å². The van der Waals surface area contributed by atoms with Crippen molar-refractivity contribution in [1.82, 2.24) is 15.5 Å². The summed E-state index contributed by atoms with van der Waals surface area (Å²) in [6.07, 6.45) is 1.46. The number of fused-ring (bicyclic) bond motifs is 1. The molecule has 0 radical (unpaired) electrons. The molecule has 0 bridgehead atoms. The molecule has 2 aliphatic rings. The number of amides is 3. The van der Waals surface area contributed by atoms with Crippen LogP contribution in [0.2, 0.25) is 5.02 Å². The number of carbonyl (C=O) groups excluding carboxylic acids is 2. The first-order valence-corrected chi connectivity index (χ1v) is 9.87. The van der Waals surface area contributed by atoms with E-state index in [1.165, 1.54) is 0 Å². The lowest BCUT2D eigenvalue weighted by Crippen LogP contribution is -2.47. The standard InChI is InChI=1S/C21H23ClN4O2/c22-16-5-1-15(2-6-16)13-24-21(28)25-17-7-3-14(4-8-17)11-20(27)26-10-9-23-18-12-19(18)26/h1-8,18-19,23H,9-13H2,(H2,24,25,28). The Morgan fingerprint density at radius 2 is 1.79 bits per heavy atom. The summed E-state index contributed by atoms with van der Waals surface area (Å²) < 4.78 is 0. The van der Waals surface area contributed by atoms with Crippen LogP contribution in [0.5, 0.6) is 0 Å². The van der Waals surface area contributed by atoms with Crippen LogP contribution in [0.4, 0.5) is 10.5 Å². The van der Waals surface area contributed by atoms with E-state index in [0.29, 0.717) is 35.8 Å². The van der Waals surface area contributed by atoms with Gasteiger partial charge < -0.3 is 20.9 Å². The molecule has 6 nitrogen and oxygen atoms in total. The van der Waals surface area contributed by atoms with Gasteiger partial charge in [0.15, 0.2) is 0 Å². The summed E-state index contributed by atoms with van der Waals surface area (Å²) in [4.78, 5) is 26.6. The molecule has 1 heterocycles. The predicted octanol–water partition coefficient (Wildman–Crippen LogP) is 2.78. The van der Waals surface area contributed by atoms with Crippen LogP contribution in [0.25, 0.3) is 0 Å². The lowest BCUT2D eigenvalue weighted by Gasteiger charge is -2.27. The third-order valence-corrected chi connectivity index (χ3v) is 5.42. The molecule has 1 saturated heterocycles. The number of hydrogen-bond donors (Lipinski definition) is 3. The SMILES string of the molecule is O=C(NCc1ccc(Cl)cc1)Nc1ccc(CC(=O)N2CCNC3CC32)cc1. The van der Waals surface area contributed by atoms with Crippen molar-refractivity contribution in [1.29, 1.82) is 0 Å². The van der Waals surface area contributed by atoms with Crippen molar-refractivity contribution in [3.05, 3.63) is 64.7 Å². The quantitative estimate of drug-likeness (QED) is 0.725. The molecule has 3 N–H and O–H groups in total. The zero-order chi connectivity index (χ0) is 19.5. The fourth-order valence-corrected chi connectivity index (χ4v) is 3.66. The largest absolute Gasteiger partial charge is 0.337 e. The molecule has 2 fully saturated rings. The number of carbonyl (C=O) groups is 2. The van der Waals surface area contributed by atoms with Gasteiger partial charge >= 0.3 is 6.03 Å². The second-order valence-corrected chi connectivity index (χ2v) is 7.70. The lowest BCUT2D eigenvalue weighted by molar-refractivity contribution is -0.131. The van der Waals surface area contributed by atoms with Crippen molar-refractivity contribution in [2.24, 2.45) is 0 Å². The van der Waals surface area contributed by atoms with Gasteiger partial charge in [0.25, 0.3) is 0 Å². The molecular weight excluding hydrogens is 376 g/mol. The number of piperazine rings is 1. The Labute approximate surface area is 169 Å². The first-order chi connectivity index (χ1) is 13.6. The molecule has 2 atom stereocenters. The highest BCUT2D eigenvalue weighted by Crippen LogP contribution is 2.30. The molecule has 28 heavy (non-hydrogen) atoms. The minimum absolute atomic E-state index is 0.176. The topological polar surface area (TPSA) is 73.5 Å². The van der Waals surface area contributed by atoms with Crippen molar-refractivity contribution in [3.8, 4) is 0 Å². The van der Waals surface area contributed by atoms with E-state index in [4.69, 9.17) is 11.6 Å². The zero-order valence-corrected chi connectivity index (χ0v) is 16.2. The molecule has 146 valence electrons. The third-order valence-electron chi connectivity index (χ3n) is 5.17. The van der Waals surface area contributed by atoms with Crippen LogP contribution in [0.1, 0.15) is 17.5 Å². The summed E-state index contributed by atoms with van der Waals surface area (Å²) >= 11 is 5.85. The van der Waals surface area contributed by atoms with Crippen LogP contribution >= 0.6 is 11.6 Å². The van der Waals surface area contributed by atoms with Gasteiger partial charge in [0.2, 0.25) is 5.91 Å². The molecule has 7 heteroatoms. The average molecular weight is 399 g/mol. The van der Waals surface area contributed by atoms with Crippen molar-refractivity contribution in [3.63, 3.8) is 0 Å². The predicted molar refractivity (Wildman–Crippen MR) is 109 cm³/mol. The number of anilines is 1. The van der Waals surface area contributed by atoms with E-state index in [0.717, 1.165) is 30.6 Å². The van der Waals surface area contributed by atoms with Gasteiger partial charge in [0.1, 0.15) is 0 Å². The van der Waals surface area contributed by atoms with E-state index >= 15 is 0 Å². The Kier molecular flexibility index (Phi) is 5.50. The minimum Gasteiger partial charge on any atom is -0.337 e. The molecule has 1 aliphatic carbocycles. The first-order valence-electron chi connectivity index (χ1n) is 9.49. The van der Waals surface area contributed by atoms with Crippen LogP contribution in [0.3, 0.4) is 0 Å². The highest BCUT2D eigenvalue weighted by atomic mass is 35.5. The smallest absolute Gasteiger partial charge is 0.319 e. The average Bonchev–Trinajstić information content (AvgIpc) is 3.49. The van der Waals surface area contributed by atoms with Crippen molar-refractivity contribution < 1.29 is 9.59 Å². The van der Waals surface area contributed by atoms with E-state index in [-0.39, 0.29) is 11.9 Å². The number of urea groups is 1. The summed E-state index contributed by atoms with van der Waals surface area (Å²) in [6.45, 7) is 2.08. The van der Waals surface area contributed by atoms with Crippen LogP contribution in [-0.2, 0) is 17.8 Å². The highest BCUT2D eigenvalue weighted by molar-refractivity contribution is 6.30. The maximum atomic E-state index is 12.5. The summed E-state index contributed by atoms with van der Waals surface area (Å²) in [7, 11) is 0. The number of hydrogen-bond acceptors (Lipinski definition) is 3.